The highest BCUT2D eigenvalue weighted by atomic mass is 16.5. The molecule has 0 bridgehead atoms. The van der Waals surface area contributed by atoms with Gasteiger partial charge < -0.3 is 10.1 Å². The second-order valence-electron chi connectivity index (χ2n) is 6.18. The molecule has 0 unspecified atom stereocenters. The molecule has 0 radical (unpaired) electrons. The second kappa shape index (κ2) is 7.59. The van der Waals surface area contributed by atoms with E-state index in [-0.39, 0.29) is 5.91 Å². The summed E-state index contributed by atoms with van der Waals surface area (Å²) in [6.45, 7) is 6.95. The third-order valence-corrected chi connectivity index (χ3v) is 4.22. The number of benzene rings is 1. The van der Waals surface area contributed by atoms with E-state index in [1.165, 1.54) is 5.56 Å². The Morgan fingerprint density at radius 3 is 2.50 bits per heavy atom. The highest BCUT2D eigenvalue weighted by molar-refractivity contribution is 5.92. The van der Waals surface area contributed by atoms with Crippen molar-refractivity contribution in [1.29, 1.82) is 0 Å². The number of carbonyl (C=O) groups excluding carboxylic acids is 1. The van der Waals surface area contributed by atoms with Crippen molar-refractivity contribution >= 4 is 5.91 Å². The largest absolute Gasteiger partial charge is 0.379 e. The van der Waals surface area contributed by atoms with Crippen LogP contribution in [0.3, 0.4) is 0 Å². The molecule has 0 atom stereocenters. The summed E-state index contributed by atoms with van der Waals surface area (Å²) < 4.78 is 6.98. The standard InChI is InChI=1S/C18H24N4O2/c1-14-11-17(21(2)20-14)18(23)19-12-15-3-5-16(6-4-15)13-22-7-9-24-10-8-22/h3-6,11H,7-10,12-13H2,1-2H3,(H,19,23). The molecule has 1 aliphatic rings. The predicted molar refractivity (Wildman–Crippen MR) is 91.7 cm³/mol. The van der Waals surface area contributed by atoms with Crippen molar-refractivity contribution in [1.82, 2.24) is 20.0 Å². The lowest BCUT2D eigenvalue weighted by Crippen LogP contribution is -2.35. The van der Waals surface area contributed by atoms with Crippen LogP contribution in [0.4, 0.5) is 0 Å². The van der Waals surface area contributed by atoms with Crippen molar-refractivity contribution < 1.29 is 9.53 Å². The molecule has 1 aromatic carbocycles. The number of hydrogen-bond donors (Lipinski definition) is 1. The van der Waals surface area contributed by atoms with Gasteiger partial charge in [-0.25, -0.2) is 0 Å². The second-order valence-corrected chi connectivity index (χ2v) is 6.18. The maximum absolute atomic E-state index is 12.2. The lowest BCUT2D eigenvalue weighted by molar-refractivity contribution is 0.0342. The summed E-state index contributed by atoms with van der Waals surface area (Å²) in [5.74, 6) is -0.101. The van der Waals surface area contributed by atoms with E-state index < -0.39 is 0 Å². The molecule has 3 rings (SSSR count). The molecule has 1 fully saturated rings. The SMILES string of the molecule is Cc1cc(C(=O)NCc2ccc(CN3CCOCC3)cc2)n(C)n1. The highest BCUT2D eigenvalue weighted by Gasteiger charge is 2.12. The number of carbonyl (C=O) groups is 1. The van der Waals surface area contributed by atoms with E-state index in [1.54, 1.807) is 17.8 Å². The maximum Gasteiger partial charge on any atom is 0.269 e. The summed E-state index contributed by atoms with van der Waals surface area (Å²) in [6, 6.07) is 10.2. The average Bonchev–Trinajstić information content (AvgIpc) is 2.93. The maximum atomic E-state index is 12.2. The normalized spacial score (nSPS) is 15.4. The molecule has 2 aromatic rings. The van der Waals surface area contributed by atoms with Gasteiger partial charge in [0.25, 0.3) is 5.91 Å². The first-order valence-corrected chi connectivity index (χ1v) is 8.28. The summed E-state index contributed by atoms with van der Waals surface area (Å²) in [5.41, 5.74) is 3.80. The van der Waals surface area contributed by atoms with E-state index >= 15 is 0 Å². The molecule has 24 heavy (non-hydrogen) atoms. The van der Waals surface area contributed by atoms with E-state index in [0.29, 0.717) is 12.2 Å². The zero-order valence-electron chi connectivity index (χ0n) is 14.3. The first-order valence-electron chi connectivity index (χ1n) is 8.28. The number of rotatable bonds is 5. The Balaban J connectivity index is 1.52. The fourth-order valence-electron chi connectivity index (χ4n) is 2.88. The summed E-state index contributed by atoms with van der Waals surface area (Å²) in [6.07, 6.45) is 0. The van der Waals surface area contributed by atoms with Crippen LogP contribution >= 0.6 is 0 Å². The van der Waals surface area contributed by atoms with E-state index in [2.05, 4.69) is 39.6 Å². The van der Waals surface area contributed by atoms with Gasteiger partial charge in [-0.3, -0.25) is 14.4 Å². The summed E-state index contributed by atoms with van der Waals surface area (Å²) in [7, 11) is 1.78. The van der Waals surface area contributed by atoms with E-state index in [4.69, 9.17) is 4.74 Å². The van der Waals surface area contributed by atoms with Crippen LogP contribution < -0.4 is 5.32 Å². The Morgan fingerprint density at radius 2 is 1.88 bits per heavy atom. The van der Waals surface area contributed by atoms with Gasteiger partial charge in [-0.05, 0) is 24.1 Å². The first kappa shape index (κ1) is 16.7. The summed E-state index contributed by atoms with van der Waals surface area (Å²) in [5, 5.41) is 7.14. The van der Waals surface area contributed by atoms with Crippen LogP contribution in [-0.4, -0.2) is 46.9 Å². The van der Waals surface area contributed by atoms with Gasteiger partial charge in [-0.1, -0.05) is 24.3 Å². The Labute approximate surface area is 142 Å². The molecule has 2 heterocycles. The Hall–Kier alpha value is -2.18. The fourth-order valence-corrected chi connectivity index (χ4v) is 2.88. The molecule has 0 aliphatic carbocycles. The molecular weight excluding hydrogens is 304 g/mol. The number of hydrogen-bond acceptors (Lipinski definition) is 4. The molecule has 1 aromatic heterocycles. The van der Waals surface area contributed by atoms with E-state index in [1.807, 2.05) is 6.92 Å². The van der Waals surface area contributed by atoms with Gasteiger partial charge in [0.2, 0.25) is 0 Å². The Morgan fingerprint density at radius 1 is 1.21 bits per heavy atom. The van der Waals surface area contributed by atoms with Crippen molar-refractivity contribution in [2.24, 2.45) is 7.05 Å². The van der Waals surface area contributed by atoms with Crippen LogP contribution in [0.15, 0.2) is 30.3 Å². The van der Waals surface area contributed by atoms with Crippen LogP contribution in [0.5, 0.6) is 0 Å². The lowest BCUT2D eigenvalue weighted by atomic mass is 10.1. The highest BCUT2D eigenvalue weighted by Crippen LogP contribution is 2.10. The monoisotopic (exact) mass is 328 g/mol. The van der Waals surface area contributed by atoms with Crippen LogP contribution in [0, 0.1) is 6.92 Å². The van der Waals surface area contributed by atoms with Gasteiger partial charge in [-0.2, -0.15) is 5.10 Å². The predicted octanol–water partition coefficient (Wildman–Crippen LogP) is 1.49. The van der Waals surface area contributed by atoms with Gasteiger partial charge in [0, 0.05) is 33.2 Å². The average molecular weight is 328 g/mol. The topological polar surface area (TPSA) is 59.4 Å². The number of nitrogens with zero attached hydrogens (tertiary/aromatic N) is 3. The molecular formula is C18H24N4O2. The zero-order chi connectivity index (χ0) is 16.9. The molecule has 1 aliphatic heterocycles. The van der Waals surface area contributed by atoms with E-state index in [9.17, 15) is 4.79 Å². The molecule has 1 N–H and O–H groups in total. The minimum absolute atomic E-state index is 0.101. The first-order chi connectivity index (χ1) is 11.6. The number of ether oxygens (including phenoxy) is 1. The van der Waals surface area contributed by atoms with Gasteiger partial charge in [0.15, 0.2) is 0 Å². The van der Waals surface area contributed by atoms with Crippen LogP contribution in [-0.2, 0) is 24.9 Å². The van der Waals surface area contributed by atoms with Crippen molar-refractivity contribution in [3.8, 4) is 0 Å². The van der Waals surface area contributed by atoms with Crippen LogP contribution in [0.25, 0.3) is 0 Å². The smallest absolute Gasteiger partial charge is 0.269 e. The Kier molecular flexibility index (Phi) is 5.27. The fraction of sp³-hybridized carbons (Fsp3) is 0.444. The number of amides is 1. The van der Waals surface area contributed by atoms with Crippen molar-refractivity contribution in [3.05, 3.63) is 52.8 Å². The zero-order valence-corrected chi connectivity index (χ0v) is 14.3. The molecule has 128 valence electrons. The third kappa shape index (κ3) is 4.21. The van der Waals surface area contributed by atoms with Gasteiger partial charge in [0.05, 0.1) is 18.9 Å². The summed E-state index contributed by atoms with van der Waals surface area (Å²) in [4.78, 5) is 14.6. The molecule has 1 amide bonds. The number of aromatic nitrogens is 2. The Bertz CT molecular complexity index is 688. The molecule has 0 spiro atoms. The van der Waals surface area contributed by atoms with Gasteiger partial charge in [-0.15, -0.1) is 0 Å². The number of aryl methyl sites for hydroxylation is 2. The third-order valence-electron chi connectivity index (χ3n) is 4.22. The van der Waals surface area contributed by atoms with Crippen LogP contribution in [0.1, 0.15) is 27.3 Å². The lowest BCUT2D eigenvalue weighted by Gasteiger charge is -2.26. The molecule has 1 saturated heterocycles. The minimum Gasteiger partial charge on any atom is -0.379 e. The minimum atomic E-state index is -0.101. The van der Waals surface area contributed by atoms with Gasteiger partial charge >= 0.3 is 0 Å². The van der Waals surface area contributed by atoms with E-state index in [0.717, 1.165) is 44.1 Å². The molecule has 0 saturated carbocycles. The molecule has 6 nitrogen and oxygen atoms in total. The van der Waals surface area contributed by atoms with Crippen molar-refractivity contribution in [3.63, 3.8) is 0 Å². The van der Waals surface area contributed by atoms with Gasteiger partial charge in [0.1, 0.15) is 5.69 Å². The molecule has 6 heteroatoms. The number of morpholine rings is 1. The number of nitrogens with one attached hydrogen (secondary N) is 1. The van der Waals surface area contributed by atoms with Crippen molar-refractivity contribution in [2.45, 2.75) is 20.0 Å². The summed E-state index contributed by atoms with van der Waals surface area (Å²) >= 11 is 0. The quantitative estimate of drug-likeness (QED) is 0.903. The van der Waals surface area contributed by atoms with Crippen molar-refractivity contribution in [2.75, 3.05) is 26.3 Å². The van der Waals surface area contributed by atoms with Crippen LogP contribution in [0.2, 0.25) is 0 Å².